The lowest BCUT2D eigenvalue weighted by Crippen LogP contribution is -2.49. The van der Waals surface area contributed by atoms with E-state index in [4.69, 9.17) is 16.7 Å². The topological polar surface area (TPSA) is 125 Å². The van der Waals surface area contributed by atoms with Gasteiger partial charge in [-0.2, -0.15) is 5.10 Å². The molecular formula is C50H40ClN5O5S. The van der Waals surface area contributed by atoms with Crippen LogP contribution in [0.15, 0.2) is 127 Å². The van der Waals surface area contributed by atoms with Crippen LogP contribution in [-0.4, -0.2) is 38.5 Å². The summed E-state index contributed by atoms with van der Waals surface area (Å²) in [5.74, 6) is -4.65. The molecule has 4 heterocycles. The third kappa shape index (κ3) is 5.50. The van der Waals surface area contributed by atoms with Gasteiger partial charge < -0.3 is 10.4 Å². The number of hydrogen-bond donors (Lipinski definition) is 2. The predicted molar refractivity (Wildman–Crippen MR) is 243 cm³/mol. The first-order valence-corrected chi connectivity index (χ1v) is 22.0. The van der Waals surface area contributed by atoms with E-state index in [2.05, 4.69) is 5.32 Å². The van der Waals surface area contributed by atoms with Crippen LogP contribution in [0.4, 0.5) is 22.9 Å². The molecule has 0 spiro atoms. The molecule has 2 N–H and O–H groups in total. The number of phenols is 1. The lowest BCUT2D eigenvalue weighted by Gasteiger charge is -2.49. The number of para-hydroxylation sites is 1. The summed E-state index contributed by atoms with van der Waals surface area (Å²) in [6.45, 7) is 3.84. The molecule has 2 saturated heterocycles. The maximum atomic E-state index is 15.4. The quantitative estimate of drug-likeness (QED) is 0.126. The smallest absolute Gasteiger partial charge is 0.242 e. The van der Waals surface area contributed by atoms with Crippen molar-refractivity contribution < 1.29 is 24.3 Å². The van der Waals surface area contributed by atoms with Crippen LogP contribution in [0.1, 0.15) is 36.8 Å². The van der Waals surface area contributed by atoms with Crippen molar-refractivity contribution in [1.29, 1.82) is 0 Å². The number of benzene rings is 5. The van der Waals surface area contributed by atoms with E-state index in [0.29, 0.717) is 33.2 Å². The molecule has 6 atom stereocenters. The molecule has 1 saturated carbocycles. The number of thiophene rings is 1. The van der Waals surface area contributed by atoms with Crippen molar-refractivity contribution in [2.75, 3.05) is 15.1 Å². The lowest BCUT2D eigenvalue weighted by atomic mass is 9.51. The fourth-order valence-electron chi connectivity index (χ4n) is 10.9. The van der Waals surface area contributed by atoms with Crippen molar-refractivity contribution in [3.63, 3.8) is 0 Å². The van der Waals surface area contributed by atoms with E-state index in [-0.39, 0.29) is 30.4 Å². The van der Waals surface area contributed by atoms with Gasteiger partial charge in [-0.15, -0.1) is 11.3 Å². The summed E-state index contributed by atoms with van der Waals surface area (Å²) in [7, 11) is 1.73. The molecule has 2 aliphatic heterocycles. The summed E-state index contributed by atoms with van der Waals surface area (Å²) < 4.78 is 2.62. The van der Waals surface area contributed by atoms with Gasteiger partial charge in [-0.05, 0) is 104 Å². The Bertz CT molecular complexity index is 3100. The number of aryl methyl sites for hydroxylation is 2. The highest BCUT2D eigenvalue weighted by Crippen LogP contribution is 2.65. The van der Waals surface area contributed by atoms with Crippen LogP contribution in [-0.2, 0) is 26.2 Å². The molecule has 5 aromatic carbocycles. The average molecular weight is 858 g/mol. The minimum atomic E-state index is -1.35. The number of aromatic nitrogens is 2. The molecule has 11 rings (SSSR count). The van der Waals surface area contributed by atoms with Gasteiger partial charge in [0.2, 0.25) is 23.6 Å². The predicted octanol–water partition coefficient (Wildman–Crippen LogP) is 10.3. The summed E-state index contributed by atoms with van der Waals surface area (Å²) in [4.78, 5) is 63.1. The van der Waals surface area contributed by atoms with Gasteiger partial charge in [-0.1, -0.05) is 77.8 Å². The summed E-state index contributed by atoms with van der Waals surface area (Å²) in [6.07, 6.45) is 2.48. The van der Waals surface area contributed by atoms with Crippen molar-refractivity contribution in [2.45, 2.75) is 32.6 Å². The van der Waals surface area contributed by atoms with Crippen molar-refractivity contribution in [3.05, 3.63) is 143 Å². The summed E-state index contributed by atoms with van der Waals surface area (Å²) in [5.41, 5.74) is 3.77. The molecule has 7 aromatic rings. The van der Waals surface area contributed by atoms with Crippen molar-refractivity contribution in [1.82, 2.24) is 9.78 Å². The zero-order chi connectivity index (χ0) is 42.8. The molecule has 12 heteroatoms. The molecule has 308 valence electrons. The van der Waals surface area contributed by atoms with Gasteiger partial charge >= 0.3 is 0 Å². The highest BCUT2D eigenvalue weighted by atomic mass is 35.5. The minimum absolute atomic E-state index is 0.0262. The van der Waals surface area contributed by atoms with Crippen LogP contribution >= 0.6 is 22.9 Å². The monoisotopic (exact) mass is 857 g/mol. The number of fused-ring (bicyclic) bond motifs is 6. The number of allylic oxidation sites excluding steroid dienone is 2. The maximum absolute atomic E-state index is 15.4. The van der Waals surface area contributed by atoms with Gasteiger partial charge in [0, 0.05) is 51.1 Å². The molecule has 0 unspecified atom stereocenters. The van der Waals surface area contributed by atoms with Gasteiger partial charge in [0.15, 0.2) is 0 Å². The molecule has 0 radical (unpaired) electrons. The molecule has 62 heavy (non-hydrogen) atoms. The van der Waals surface area contributed by atoms with Crippen LogP contribution in [0.2, 0.25) is 5.02 Å². The molecule has 3 fully saturated rings. The normalized spacial score (nSPS) is 24.5. The Balaban J connectivity index is 0.995. The molecule has 4 amide bonds. The summed E-state index contributed by atoms with van der Waals surface area (Å²) >= 11 is 7.93. The van der Waals surface area contributed by atoms with Crippen LogP contribution in [0.5, 0.6) is 5.75 Å². The second kappa shape index (κ2) is 14.0. The number of carbonyl (C=O) groups excluding carboxylic acids is 4. The molecule has 2 aromatic heterocycles. The molecule has 10 nitrogen and oxygen atoms in total. The Morgan fingerprint density at radius 1 is 0.806 bits per heavy atom. The molecule has 4 aliphatic rings. The number of nitrogens with one attached hydrogen (secondary N) is 1. The van der Waals surface area contributed by atoms with E-state index >= 15 is 9.59 Å². The highest BCUT2D eigenvalue weighted by Gasteiger charge is 2.68. The number of halogens is 1. The van der Waals surface area contributed by atoms with E-state index in [1.54, 1.807) is 41.3 Å². The number of imide groups is 2. The zero-order valence-corrected chi connectivity index (χ0v) is 35.6. The molecule has 0 bridgehead atoms. The first-order chi connectivity index (χ1) is 29.9. The molecular weight excluding hydrogens is 818 g/mol. The number of anilines is 4. The minimum Gasteiger partial charge on any atom is -0.507 e. The second-order valence-corrected chi connectivity index (χ2v) is 18.6. The van der Waals surface area contributed by atoms with E-state index in [9.17, 15) is 14.7 Å². The van der Waals surface area contributed by atoms with Crippen LogP contribution < -0.4 is 15.1 Å². The van der Waals surface area contributed by atoms with Crippen LogP contribution in [0.25, 0.3) is 31.4 Å². The Hall–Kier alpha value is -6.56. The van der Waals surface area contributed by atoms with E-state index in [0.717, 1.165) is 42.9 Å². The number of carbonyl (C=O) groups is 4. The van der Waals surface area contributed by atoms with Gasteiger partial charge in [0.25, 0.3) is 0 Å². The Labute approximate surface area is 366 Å². The average Bonchev–Trinajstić information content (AvgIpc) is 3.95. The second-order valence-electron chi connectivity index (χ2n) is 17.1. The number of aromatic hydroxyl groups is 1. The van der Waals surface area contributed by atoms with Crippen molar-refractivity contribution in [2.24, 2.45) is 36.1 Å². The van der Waals surface area contributed by atoms with Gasteiger partial charge in [0.05, 0.1) is 33.7 Å². The van der Waals surface area contributed by atoms with Gasteiger partial charge in [-0.3, -0.25) is 28.8 Å². The van der Waals surface area contributed by atoms with Gasteiger partial charge in [-0.25, -0.2) is 4.90 Å². The standard InChI is InChI=1S/C50H40ClN5O5S/c1-26-36-23-28(51)14-22-40(36)62-45(26)39-25-41(54(3)53-39)56-47(59)38-24-37-33(43(50(38,2)49(56)61)35-19-13-27-9-7-8-12-32(27)44(35)57)20-21-34-42(37)48(60)55(46(34)58)31-17-15-30(16-18-31)52-29-10-5-4-6-11-29/h4-20,22-23,25,34,37-38,42-43,52,57H,21,24H2,1-3H3/t34-,37+,38-,42-,43+,50+/m0/s1. The first-order valence-electron chi connectivity index (χ1n) is 20.8. The van der Waals surface area contributed by atoms with E-state index in [1.165, 1.54) is 9.80 Å². The number of amides is 4. The van der Waals surface area contributed by atoms with Crippen LogP contribution in [0.3, 0.4) is 0 Å². The fourth-order valence-corrected chi connectivity index (χ4v) is 12.3. The Morgan fingerprint density at radius 2 is 1.55 bits per heavy atom. The van der Waals surface area contributed by atoms with E-state index < -0.39 is 46.8 Å². The highest BCUT2D eigenvalue weighted by molar-refractivity contribution is 7.22. The summed E-state index contributed by atoms with van der Waals surface area (Å²) in [5, 5.41) is 23.4. The Morgan fingerprint density at radius 3 is 2.34 bits per heavy atom. The lowest BCUT2D eigenvalue weighted by molar-refractivity contribution is -0.131. The maximum Gasteiger partial charge on any atom is 0.242 e. The number of phenolic OH excluding ortho intramolecular Hbond substituents is 1. The number of nitrogens with zero attached hydrogens (tertiary/aromatic N) is 4. The first kappa shape index (κ1) is 38.4. The number of hydrogen-bond acceptors (Lipinski definition) is 8. The fraction of sp³-hybridized carbons (Fsp3) is 0.220. The third-order valence-electron chi connectivity index (χ3n) is 13.9. The summed E-state index contributed by atoms with van der Waals surface area (Å²) in [6, 6.07) is 35.8. The molecule has 2 aliphatic carbocycles. The SMILES string of the molecule is Cc1c(-c2cc(N3C(=O)[C@@H]4C[C@@H]5C(=CC[C@@H]6C(=O)N(c7ccc(Nc8ccccc8)cc7)C(=O)[C@@H]65)[C@H](c5ccc6ccccc6c5O)[C@]4(C)C3=O)n(C)n2)sc2ccc(Cl)cc12. The Kier molecular flexibility index (Phi) is 8.65. The van der Waals surface area contributed by atoms with Crippen molar-refractivity contribution >= 4 is 90.3 Å². The number of rotatable bonds is 6. The van der Waals surface area contributed by atoms with Gasteiger partial charge in [0.1, 0.15) is 17.3 Å². The largest absolute Gasteiger partial charge is 0.507 e. The van der Waals surface area contributed by atoms with Crippen LogP contribution in [0, 0.1) is 36.0 Å². The van der Waals surface area contributed by atoms with E-state index in [1.807, 2.05) is 117 Å². The van der Waals surface area contributed by atoms with Crippen molar-refractivity contribution in [3.8, 4) is 16.3 Å². The third-order valence-corrected chi connectivity index (χ3v) is 15.5. The zero-order valence-electron chi connectivity index (χ0n) is 34.0.